The molecule has 5 heteroatoms. The summed E-state index contributed by atoms with van der Waals surface area (Å²) >= 11 is 0. The topological polar surface area (TPSA) is 37.4 Å². The lowest BCUT2D eigenvalue weighted by molar-refractivity contribution is 0.193. The third kappa shape index (κ3) is 5.21. The van der Waals surface area contributed by atoms with Crippen LogP contribution in [0.1, 0.15) is 18.4 Å². The van der Waals surface area contributed by atoms with Crippen LogP contribution < -0.4 is 0 Å². The number of rotatable bonds is 5. The van der Waals surface area contributed by atoms with E-state index in [-0.39, 0.29) is 11.6 Å². The predicted octanol–water partition coefficient (Wildman–Crippen LogP) is 2.12. The molecule has 0 unspecified atom stereocenters. The van der Waals surface area contributed by atoms with Crippen molar-refractivity contribution in [2.45, 2.75) is 19.3 Å². The highest BCUT2D eigenvalue weighted by Crippen LogP contribution is 2.21. The number of halogens is 1. The van der Waals surface area contributed by atoms with Crippen molar-refractivity contribution in [3.05, 3.63) is 35.6 Å². The van der Waals surface area contributed by atoms with Gasteiger partial charge in [0.2, 0.25) is 0 Å². The summed E-state index contributed by atoms with van der Waals surface area (Å²) in [5.41, 5.74) is 1.06. The number of sulfone groups is 1. The molecule has 1 aromatic rings. The molecule has 2 rings (SSSR count). The fourth-order valence-corrected chi connectivity index (χ4v) is 3.30. The van der Waals surface area contributed by atoms with Crippen molar-refractivity contribution in [1.29, 1.82) is 0 Å². The second-order valence-corrected chi connectivity index (χ2v) is 8.01. The molecular formula is C15H22FNO2S. The zero-order valence-electron chi connectivity index (χ0n) is 11.9. The maximum Gasteiger partial charge on any atom is 0.148 e. The number of nitrogens with zero attached hydrogens (tertiary/aromatic N) is 1. The molecule has 1 saturated heterocycles. The summed E-state index contributed by atoms with van der Waals surface area (Å²) in [7, 11) is -2.87. The molecule has 20 heavy (non-hydrogen) atoms. The van der Waals surface area contributed by atoms with Gasteiger partial charge in [-0.05, 0) is 56.0 Å². The van der Waals surface area contributed by atoms with Gasteiger partial charge < -0.3 is 4.90 Å². The van der Waals surface area contributed by atoms with Crippen molar-refractivity contribution >= 4 is 9.84 Å². The van der Waals surface area contributed by atoms with E-state index in [2.05, 4.69) is 4.90 Å². The molecule has 1 aliphatic heterocycles. The summed E-state index contributed by atoms with van der Waals surface area (Å²) in [6, 6.07) is 6.80. The molecule has 0 saturated carbocycles. The summed E-state index contributed by atoms with van der Waals surface area (Å²) in [6.07, 6.45) is 4.31. The van der Waals surface area contributed by atoms with Crippen molar-refractivity contribution in [2.24, 2.45) is 5.92 Å². The van der Waals surface area contributed by atoms with Crippen molar-refractivity contribution < 1.29 is 12.8 Å². The maximum absolute atomic E-state index is 13.1. The third-order valence-corrected chi connectivity index (χ3v) is 4.82. The van der Waals surface area contributed by atoms with Gasteiger partial charge in [0, 0.05) is 12.8 Å². The van der Waals surface area contributed by atoms with Crippen LogP contribution in [0.5, 0.6) is 0 Å². The number of piperidine rings is 1. The van der Waals surface area contributed by atoms with Crippen LogP contribution in [0.15, 0.2) is 24.3 Å². The van der Waals surface area contributed by atoms with Crippen LogP contribution in [-0.2, 0) is 16.3 Å². The van der Waals surface area contributed by atoms with Crippen molar-refractivity contribution in [1.82, 2.24) is 4.90 Å². The van der Waals surface area contributed by atoms with Crippen molar-refractivity contribution in [3.63, 3.8) is 0 Å². The van der Waals surface area contributed by atoms with Crippen LogP contribution >= 0.6 is 0 Å². The molecule has 0 atom stereocenters. The fraction of sp³-hybridized carbons (Fsp3) is 0.600. The Morgan fingerprint density at radius 3 is 2.60 bits per heavy atom. The molecule has 1 fully saturated rings. The molecule has 0 bridgehead atoms. The van der Waals surface area contributed by atoms with Gasteiger partial charge in [-0.1, -0.05) is 12.1 Å². The number of hydrogen-bond acceptors (Lipinski definition) is 3. The SMILES string of the molecule is CS(=O)(=O)CCN1CCC(Cc2cccc(F)c2)CC1. The minimum Gasteiger partial charge on any atom is -0.302 e. The first-order valence-electron chi connectivity index (χ1n) is 7.07. The summed E-state index contributed by atoms with van der Waals surface area (Å²) in [5.74, 6) is 0.640. The second-order valence-electron chi connectivity index (χ2n) is 5.75. The summed E-state index contributed by atoms with van der Waals surface area (Å²) < 4.78 is 35.4. The van der Waals surface area contributed by atoms with Gasteiger partial charge in [-0.25, -0.2) is 12.8 Å². The van der Waals surface area contributed by atoms with E-state index in [1.165, 1.54) is 12.3 Å². The molecule has 1 heterocycles. The van der Waals surface area contributed by atoms with Crippen molar-refractivity contribution in [3.8, 4) is 0 Å². The van der Waals surface area contributed by atoms with E-state index < -0.39 is 9.84 Å². The zero-order chi connectivity index (χ0) is 14.6. The van der Waals surface area contributed by atoms with Crippen LogP contribution in [0.2, 0.25) is 0 Å². The zero-order valence-corrected chi connectivity index (χ0v) is 12.7. The molecule has 1 aromatic carbocycles. The summed E-state index contributed by atoms with van der Waals surface area (Å²) in [4.78, 5) is 2.21. The van der Waals surface area contributed by atoms with Crippen LogP contribution in [0.25, 0.3) is 0 Å². The van der Waals surface area contributed by atoms with Gasteiger partial charge in [0.15, 0.2) is 0 Å². The van der Waals surface area contributed by atoms with Crippen molar-refractivity contribution in [2.75, 3.05) is 31.6 Å². The van der Waals surface area contributed by atoms with Gasteiger partial charge in [-0.15, -0.1) is 0 Å². The number of likely N-dealkylation sites (tertiary alicyclic amines) is 1. The third-order valence-electron chi connectivity index (χ3n) is 3.90. The molecule has 0 radical (unpaired) electrons. The number of benzene rings is 1. The van der Waals surface area contributed by atoms with Gasteiger partial charge in [0.1, 0.15) is 15.7 Å². The second kappa shape index (κ2) is 6.68. The monoisotopic (exact) mass is 299 g/mol. The first kappa shape index (κ1) is 15.4. The molecule has 0 amide bonds. The molecule has 0 aliphatic carbocycles. The Labute approximate surface area is 120 Å². The van der Waals surface area contributed by atoms with Gasteiger partial charge in [0.05, 0.1) is 5.75 Å². The Morgan fingerprint density at radius 2 is 2.00 bits per heavy atom. The van der Waals surface area contributed by atoms with Gasteiger partial charge in [-0.2, -0.15) is 0 Å². The highest BCUT2D eigenvalue weighted by atomic mass is 32.2. The first-order valence-corrected chi connectivity index (χ1v) is 9.13. The molecule has 112 valence electrons. The molecule has 3 nitrogen and oxygen atoms in total. The lowest BCUT2D eigenvalue weighted by Crippen LogP contribution is -2.37. The Kier molecular flexibility index (Phi) is 5.16. The smallest absolute Gasteiger partial charge is 0.148 e. The molecular weight excluding hydrogens is 277 g/mol. The van der Waals surface area contributed by atoms with Crippen LogP contribution in [0.4, 0.5) is 4.39 Å². The number of hydrogen-bond donors (Lipinski definition) is 0. The van der Waals surface area contributed by atoms with E-state index in [4.69, 9.17) is 0 Å². The fourth-order valence-electron chi connectivity index (χ4n) is 2.71. The van der Waals surface area contributed by atoms with Crippen LogP contribution in [0, 0.1) is 11.7 Å². The van der Waals surface area contributed by atoms with E-state index >= 15 is 0 Å². The Bertz CT molecular complexity index is 537. The van der Waals surface area contributed by atoms with Gasteiger partial charge in [0.25, 0.3) is 0 Å². The van der Waals surface area contributed by atoms with E-state index in [1.54, 1.807) is 12.1 Å². The Balaban J connectivity index is 1.77. The van der Waals surface area contributed by atoms with Crippen LogP contribution in [-0.4, -0.2) is 45.0 Å². The van der Waals surface area contributed by atoms with E-state index in [1.807, 2.05) is 6.07 Å². The van der Waals surface area contributed by atoms with E-state index in [0.29, 0.717) is 12.5 Å². The maximum atomic E-state index is 13.1. The van der Waals surface area contributed by atoms with E-state index in [0.717, 1.165) is 37.9 Å². The Morgan fingerprint density at radius 1 is 1.30 bits per heavy atom. The summed E-state index contributed by atoms with van der Waals surface area (Å²) in [6.45, 7) is 2.51. The van der Waals surface area contributed by atoms with Gasteiger partial charge >= 0.3 is 0 Å². The van der Waals surface area contributed by atoms with E-state index in [9.17, 15) is 12.8 Å². The first-order chi connectivity index (χ1) is 9.42. The minimum atomic E-state index is -2.87. The standard InChI is InChI=1S/C15H22FNO2S/c1-20(18,19)10-9-17-7-5-13(6-8-17)11-14-3-2-4-15(16)12-14/h2-4,12-13H,5-11H2,1H3. The predicted molar refractivity (Wildman–Crippen MR) is 79.0 cm³/mol. The molecule has 0 aromatic heterocycles. The average Bonchev–Trinajstić information content (AvgIpc) is 2.37. The quantitative estimate of drug-likeness (QED) is 0.836. The molecule has 1 aliphatic rings. The molecule has 0 N–H and O–H groups in total. The minimum absolute atomic E-state index is 0.173. The lowest BCUT2D eigenvalue weighted by atomic mass is 9.90. The highest BCUT2D eigenvalue weighted by molar-refractivity contribution is 7.90. The summed E-state index contributed by atoms with van der Waals surface area (Å²) in [5, 5.41) is 0. The Hall–Kier alpha value is -0.940. The largest absolute Gasteiger partial charge is 0.302 e. The average molecular weight is 299 g/mol. The lowest BCUT2D eigenvalue weighted by Gasteiger charge is -2.31. The normalized spacial score (nSPS) is 18.3. The van der Waals surface area contributed by atoms with Gasteiger partial charge in [-0.3, -0.25) is 0 Å². The van der Waals surface area contributed by atoms with Crippen LogP contribution in [0.3, 0.4) is 0 Å². The molecule has 0 spiro atoms. The highest BCUT2D eigenvalue weighted by Gasteiger charge is 2.20.